The molecule has 42 heavy (non-hydrogen) atoms. The van der Waals surface area contributed by atoms with Crippen LogP contribution >= 0.6 is 11.3 Å². The zero-order chi connectivity index (χ0) is 29.6. The lowest BCUT2D eigenvalue weighted by Gasteiger charge is -2.41. The maximum absolute atomic E-state index is 14.0. The summed E-state index contributed by atoms with van der Waals surface area (Å²) < 4.78 is 72.7. The number of alkyl halides is 3. The van der Waals surface area contributed by atoms with Crippen LogP contribution < -0.4 is 10.2 Å². The summed E-state index contributed by atoms with van der Waals surface area (Å²) in [4.78, 5) is 18.1. The lowest BCUT2D eigenvalue weighted by molar-refractivity contribution is -0.137. The van der Waals surface area contributed by atoms with Gasteiger partial charge in [-0.3, -0.25) is 4.90 Å². The second kappa shape index (κ2) is 11.3. The lowest BCUT2D eigenvalue weighted by Crippen LogP contribution is -2.54. The molecule has 2 saturated heterocycles. The third kappa shape index (κ3) is 5.60. The summed E-state index contributed by atoms with van der Waals surface area (Å²) in [6.45, 7) is 4.43. The van der Waals surface area contributed by atoms with E-state index < -0.39 is 27.3 Å². The van der Waals surface area contributed by atoms with Crippen LogP contribution in [-0.2, 0) is 33.8 Å². The van der Waals surface area contributed by atoms with Crippen molar-refractivity contribution in [3.05, 3.63) is 40.5 Å². The molecule has 0 radical (unpaired) electrons. The first-order valence-electron chi connectivity index (χ1n) is 13.8. The van der Waals surface area contributed by atoms with Gasteiger partial charge in [0.1, 0.15) is 11.4 Å². The molecule has 3 aromatic heterocycles. The number of halogens is 3. The second-order valence-corrected chi connectivity index (χ2v) is 13.8. The molecule has 0 amide bonds. The van der Waals surface area contributed by atoms with Gasteiger partial charge < -0.3 is 20.1 Å². The molecule has 0 saturated carbocycles. The van der Waals surface area contributed by atoms with Crippen molar-refractivity contribution in [1.29, 1.82) is 0 Å². The molecule has 2 bridgehead atoms. The predicted molar refractivity (Wildman–Crippen MR) is 152 cm³/mol. The number of nitrogens with one attached hydrogen (secondary N) is 1. The summed E-state index contributed by atoms with van der Waals surface area (Å²) in [5, 5.41) is 12.5. The van der Waals surface area contributed by atoms with Crippen molar-refractivity contribution in [2.75, 3.05) is 48.8 Å². The Morgan fingerprint density at radius 1 is 1.19 bits per heavy atom. The molecule has 3 aliphatic heterocycles. The molecule has 226 valence electrons. The van der Waals surface area contributed by atoms with Gasteiger partial charge in [-0.15, -0.1) is 11.3 Å². The fourth-order valence-electron chi connectivity index (χ4n) is 6.00. The Bertz CT molecular complexity index is 1570. The number of fused-ring (bicyclic) bond motifs is 3. The Morgan fingerprint density at radius 2 is 1.95 bits per heavy atom. The molecule has 6 rings (SSSR count). The minimum Gasteiger partial charge on any atom is -0.395 e. The molecule has 0 spiro atoms. The van der Waals surface area contributed by atoms with Crippen LogP contribution in [-0.4, -0.2) is 84.1 Å². The molecule has 3 aromatic rings. The summed E-state index contributed by atoms with van der Waals surface area (Å²) in [7, 11) is -3.69. The van der Waals surface area contributed by atoms with Crippen LogP contribution in [0.1, 0.15) is 35.9 Å². The van der Waals surface area contributed by atoms with Crippen molar-refractivity contribution in [2.24, 2.45) is 0 Å². The number of piperazine rings is 1. The predicted octanol–water partition coefficient (Wildman–Crippen LogP) is 3.87. The summed E-state index contributed by atoms with van der Waals surface area (Å²) in [5.74, 6) is 0.539. The first kappa shape index (κ1) is 29.2. The number of sulfone groups is 1. The average Bonchev–Trinajstić information content (AvgIpc) is 3.44. The van der Waals surface area contributed by atoms with E-state index in [1.807, 2.05) is 19.1 Å². The number of aryl methyl sites for hydroxylation is 1. The number of hydrogen-bond acceptors (Lipinski definition) is 11. The van der Waals surface area contributed by atoms with Gasteiger partial charge in [-0.25, -0.2) is 23.4 Å². The highest BCUT2D eigenvalue weighted by Gasteiger charge is 2.40. The van der Waals surface area contributed by atoms with Crippen molar-refractivity contribution < 1.29 is 31.4 Å². The van der Waals surface area contributed by atoms with Gasteiger partial charge in [-0.1, -0.05) is 6.92 Å². The van der Waals surface area contributed by atoms with Gasteiger partial charge in [0, 0.05) is 42.8 Å². The number of aromatic nitrogens is 3. The van der Waals surface area contributed by atoms with Gasteiger partial charge in [0.15, 0.2) is 9.84 Å². The first-order valence-corrected chi connectivity index (χ1v) is 16.3. The summed E-state index contributed by atoms with van der Waals surface area (Å²) in [5.41, 5.74) is -0.158. The number of pyridine rings is 1. The van der Waals surface area contributed by atoms with E-state index in [1.54, 1.807) is 0 Å². The Hall–Kier alpha value is -2.85. The van der Waals surface area contributed by atoms with Crippen LogP contribution in [0.5, 0.6) is 0 Å². The average molecular weight is 625 g/mol. The Balaban J connectivity index is 1.29. The highest BCUT2D eigenvalue weighted by molar-refractivity contribution is 7.91. The van der Waals surface area contributed by atoms with Gasteiger partial charge in [0.05, 0.1) is 52.4 Å². The topological polar surface area (TPSA) is 121 Å². The normalized spacial score (nSPS) is 22.2. The van der Waals surface area contributed by atoms with Crippen molar-refractivity contribution in [1.82, 2.24) is 19.9 Å². The maximum Gasteiger partial charge on any atom is 0.420 e. The van der Waals surface area contributed by atoms with Gasteiger partial charge in [0.2, 0.25) is 5.95 Å². The van der Waals surface area contributed by atoms with E-state index >= 15 is 0 Å². The number of aliphatic hydroxyl groups excluding tert-OH is 1. The third-order valence-electron chi connectivity index (χ3n) is 8.02. The molecule has 15 heteroatoms. The van der Waals surface area contributed by atoms with E-state index in [2.05, 4.69) is 25.1 Å². The molecular formula is C27H31F3N6O4S2. The van der Waals surface area contributed by atoms with Crippen LogP contribution in [0.15, 0.2) is 29.3 Å². The molecule has 2 N–H and O–H groups in total. The van der Waals surface area contributed by atoms with E-state index in [0.717, 1.165) is 49.3 Å². The fraction of sp³-hybridized carbons (Fsp3) is 0.519. The highest BCUT2D eigenvalue weighted by atomic mass is 32.2. The molecule has 0 aliphatic carbocycles. The Morgan fingerprint density at radius 3 is 2.64 bits per heavy atom. The van der Waals surface area contributed by atoms with E-state index in [-0.39, 0.29) is 41.3 Å². The first-order chi connectivity index (χ1) is 20.1. The van der Waals surface area contributed by atoms with Crippen LogP contribution in [0.2, 0.25) is 0 Å². The third-order valence-corrected chi connectivity index (χ3v) is 11.0. The van der Waals surface area contributed by atoms with Crippen molar-refractivity contribution in [3.63, 3.8) is 0 Å². The monoisotopic (exact) mass is 624 g/mol. The number of rotatable bonds is 7. The zero-order valence-electron chi connectivity index (χ0n) is 22.9. The highest BCUT2D eigenvalue weighted by Crippen LogP contribution is 2.42. The largest absolute Gasteiger partial charge is 0.420 e. The minimum atomic E-state index is -4.75. The van der Waals surface area contributed by atoms with Crippen LogP contribution in [0.3, 0.4) is 0 Å². The number of aliphatic hydroxyl groups is 1. The molecule has 0 aromatic carbocycles. The molecule has 3 aliphatic rings. The number of nitrogens with zero attached hydrogens (tertiary/aromatic N) is 5. The van der Waals surface area contributed by atoms with Crippen LogP contribution in [0, 0.1) is 0 Å². The van der Waals surface area contributed by atoms with Crippen LogP contribution in [0.4, 0.5) is 30.6 Å². The molecular weight excluding hydrogens is 593 g/mol. The SMILES string of the molecule is CCc1nc(N2CC3CCC(C2)N3CCO)ccc1Nc1ncc(C(F)(F)F)c(-c2cc3c(s2)COCCS3(=O)=O)n1. The molecule has 10 nitrogen and oxygen atoms in total. The minimum absolute atomic E-state index is 0.00657. The van der Waals surface area contributed by atoms with Gasteiger partial charge >= 0.3 is 6.18 Å². The van der Waals surface area contributed by atoms with Crippen molar-refractivity contribution >= 4 is 38.6 Å². The van der Waals surface area contributed by atoms with E-state index in [1.165, 1.54) is 6.07 Å². The molecule has 6 heterocycles. The van der Waals surface area contributed by atoms with Crippen molar-refractivity contribution in [2.45, 2.75) is 55.9 Å². The maximum atomic E-state index is 14.0. The van der Waals surface area contributed by atoms with Gasteiger partial charge in [-0.05, 0) is 37.5 Å². The van der Waals surface area contributed by atoms with Crippen molar-refractivity contribution in [3.8, 4) is 10.6 Å². The van der Waals surface area contributed by atoms with E-state index in [0.29, 0.717) is 41.3 Å². The number of hydrogen-bond donors (Lipinski definition) is 2. The smallest absolute Gasteiger partial charge is 0.395 e. The quantitative estimate of drug-likeness (QED) is 0.401. The standard InChI is InChI=1S/C27H31F3N6O4S2/c1-2-19-20(5-6-24(32-19)35-13-16-3-4-17(14-35)36(16)7-8-37)33-26-31-12-18(27(28,29)30)25(34-26)21-11-23-22(41-21)15-40-9-10-42(23,38)39/h5-6,11-12,16-17,37H,2-4,7-10,13-15H2,1H3,(H,31,33,34). The number of ether oxygens (including phenoxy) is 1. The molecule has 2 unspecified atom stereocenters. The Labute approximate surface area is 245 Å². The lowest BCUT2D eigenvalue weighted by atomic mass is 10.1. The number of thiophene rings is 1. The Kier molecular flexibility index (Phi) is 7.89. The van der Waals surface area contributed by atoms with Gasteiger partial charge in [0.25, 0.3) is 0 Å². The second-order valence-electron chi connectivity index (χ2n) is 10.6. The summed E-state index contributed by atoms with van der Waals surface area (Å²) in [6, 6.07) is 5.71. The van der Waals surface area contributed by atoms with E-state index in [4.69, 9.17) is 9.72 Å². The fourth-order valence-corrected chi connectivity index (χ4v) is 8.84. The number of anilines is 3. The summed E-state index contributed by atoms with van der Waals surface area (Å²) in [6.07, 6.45) is -1.29. The molecule has 2 atom stereocenters. The zero-order valence-corrected chi connectivity index (χ0v) is 24.5. The summed E-state index contributed by atoms with van der Waals surface area (Å²) >= 11 is 0.926. The van der Waals surface area contributed by atoms with Gasteiger partial charge in [-0.2, -0.15) is 13.2 Å². The van der Waals surface area contributed by atoms with E-state index in [9.17, 15) is 26.7 Å². The molecule has 2 fully saturated rings. The van der Waals surface area contributed by atoms with Crippen LogP contribution in [0.25, 0.3) is 10.6 Å².